The number of hydrogen-bond acceptors (Lipinski definition) is 5. The zero-order chi connectivity index (χ0) is 21.3. The van der Waals surface area contributed by atoms with Crippen LogP contribution in [0.15, 0.2) is 29.2 Å². The van der Waals surface area contributed by atoms with Crippen LogP contribution >= 0.6 is 32.6 Å². The molecule has 0 saturated carbocycles. The first-order valence-corrected chi connectivity index (χ1v) is 11.0. The highest BCUT2D eigenvalue weighted by molar-refractivity contribution is 8.05. The number of allylic oxidation sites excluding steroid dienone is 1. The molecule has 3 atom stereocenters. The zero-order valence-corrected chi connectivity index (χ0v) is 19.0. The second-order valence-corrected chi connectivity index (χ2v) is 10.2. The molecule has 1 aromatic rings. The fourth-order valence-electron chi connectivity index (χ4n) is 2.99. The molecule has 2 N–H and O–H groups in total. The maximum atomic E-state index is 12.7. The highest BCUT2D eigenvalue weighted by atomic mass is 35.5. The topological polar surface area (TPSA) is 87.7 Å². The number of carbonyl (C=O) groups is 3. The van der Waals surface area contributed by atoms with Gasteiger partial charge in [0, 0.05) is 5.69 Å². The number of cyclic esters (lactones) is 1. The van der Waals surface area contributed by atoms with Crippen LogP contribution in [0.3, 0.4) is 0 Å². The lowest BCUT2D eigenvalue weighted by atomic mass is 10.0. The van der Waals surface area contributed by atoms with Crippen LogP contribution in [-0.4, -0.2) is 40.5 Å². The van der Waals surface area contributed by atoms with Gasteiger partial charge in [-0.05, 0) is 51.0 Å². The molecule has 156 valence electrons. The van der Waals surface area contributed by atoms with Crippen molar-refractivity contribution in [3.63, 3.8) is 0 Å². The van der Waals surface area contributed by atoms with Crippen LogP contribution in [0.1, 0.15) is 25.8 Å². The van der Waals surface area contributed by atoms with Gasteiger partial charge in [0.05, 0.1) is 21.1 Å². The number of nitrogens with zero attached hydrogens (tertiary/aromatic N) is 1. The van der Waals surface area contributed by atoms with Crippen LogP contribution in [0.25, 0.3) is 0 Å². The lowest BCUT2D eigenvalue weighted by molar-refractivity contribution is -0.127. The highest BCUT2D eigenvalue weighted by Gasteiger charge is 2.34. The molecule has 0 aromatic heterocycles. The van der Waals surface area contributed by atoms with Crippen molar-refractivity contribution in [3.05, 3.63) is 34.7 Å². The average Bonchev–Trinajstić information content (AvgIpc) is 3.21. The van der Waals surface area contributed by atoms with Crippen LogP contribution in [-0.2, 0) is 14.3 Å². The third-order valence-electron chi connectivity index (χ3n) is 4.58. The summed E-state index contributed by atoms with van der Waals surface area (Å²) in [6.45, 7) is 5.44. The lowest BCUT2D eigenvalue weighted by Gasteiger charge is -2.26. The predicted octanol–water partition coefficient (Wildman–Crippen LogP) is 3.57. The number of alkyl halides is 1. The summed E-state index contributed by atoms with van der Waals surface area (Å²) < 4.78 is 4.90. The molecule has 2 aliphatic rings. The molecule has 2 heterocycles. The van der Waals surface area contributed by atoms with Crippen LogP contribution < -0.4 is 15.5 Å². The molecule has 3 rings (SSSR count). The molecule has 1 saturated heterocycles. The van der Waals surface area contributed by atoms with Gasteiger partial charge in [0.2, 0.25) is 5.91 Å². The third kappa shape index (κ3) is 4.87. The number of hydrogen-bond donors (Lipinski definition) is 2. The van der Waals surface area contributed by atoms with Crippen LogP contribution in [0.2, 0.25) is 0 Å². The summed E-state index contributed by atoms with van der Waals surface area (Å²) in [4.78, 5) is 39.1. The summed E-state index contributed by atoms with van der Waals surface area (Å²) in [6, 6.07) is 5.26. The second-order valence-electron chi connectivity index (χ2n) is 7.38. The third-order valence-corrected chi connectivity index (χ3v) is 6.57. The summed E-state index contributed by atoms with van der Waals surface area (Å²) in [5.41, 5.74) is 0.983. The Bertz CT molecular complexity index is 892. The molecule has 2 aliphatic heterocycles. The van der Waals surface area contributed by atoms with E-state index in [9.17, 15) is 14.4 Å². The predicted molar refractivity (Wildman–Crippen MR) is 119 cm³/mol. The van der Waals surface area contributed by atoms with Crippen LogP contribution in [0.4, 0.5) is 16.2 Å². The van der Waals surface area contributed by atoms with E-state index in [1.807, 2.05) is 6.92 Å². The largest absolute Gasteiger partial charge is 0.447 e. The van der Waals surface area contributed by atoms with Gasteiger partial charge in [-0.2, -0.15) is 0 Å². The second kappa shape index (κ2) is 8.54. The van der Waals surface area contributed by atoms with Gasteiger partial charge < -0.3 is 15.4 Å². The van der Waals surface area contributed by atoms with E-state index in [1.54, 1.807) is 43.0 Å². The van der Waals surface area contributed by atoms with Crippen molar-refractivity contribution in [2.45, 2.75) is 43.2 Å². The molecule has 1 fully saturated rings. The first-order chi connectivity index (χ1) is 13.6. The standard InChI is InChI=1S/C19H23ClN3O4PS/c1-10-8-11(4-5-12(10)23-15(28)9-27-18(23)26)21-17(25)19(2,3)22-16(24)13-6-7-14(20)29-13/h4-6,8,14-15H,7,9,28H2,1-3H3,(H,21,25)(H,22,24)/t14?,15-/m1/s1. The SMILES string of the molecule is Cc1cc(NC(=O)C(C)(C)NC(=O)C2=CCC(Cl)S2)ccc1N1C(=O)OC[C@H]1P. The summed E-state index contributed by atoms with van der Waals surface area (Å²) in [5.74, 6) is -0.802. The number of halogens is 1. The van der Waals surface area contributed by atoms with Gasteiger partial charge in [-0.3, -0.25) is 14.5 Å². The number of rotatable bonds is 5. The molecule has 7 nitrogen and oxygen atoms in total. The van der Waals surface area contributed by atoms with Crippen molar-refractivity contribution in [3.8, 4) is 0 Å². The van der Waals surface area contributed by atoms with Gasteiger partial charge in [-0.1, -0.05) is 6.08 Å². The first-order valence-electron chi connectivity index (χ1n) is 9.05. The molecule has 2 unspecified atom stereocenters. The number of ether oxygens (including phenoxy) is 1. The van der Waals surface area contributed by atoms with Crippen molar-refractivity contribution in [2.24, 2.45) is 0 Å². The van der Waals surface area contributed by atoms with Crippen molar-refractivity contribution < 1.29 is 19.1 Å². The quantitative estimate of drug-likeness (QED) is 0.523. The van der Waals surface area contributed by atoms with Gasteiger partial charge in [-0.25, -0.2) is 4.79 Å². The molecule has 0 radical (unpaired) electrons. The molecular weight excluding hydrogens is 433 g/mol. The minimum Gasteiger partial charge on any atom is -0.447 e. The van der Waals surface area contributed by atoms with E-state index in [2.05, 4.69) is 19.9 Å². The van der Waals surface area contributed by atoms with E-state index in [0.717, 1.165) is 11.3 Å². The normalized spacial score (nSPS) is 21.6. The number of benzene rings is 1. The molecule has 3 amide bonds. The van der Waals surface area contributed by atoms with Crippen LogP contribution in [0.5, 0.6) is 0 Å². The number of aryl methyl sites for hydroxylation is 1. The van der Waals surface area contributed by atoms with Gasteiger partial charge in [0.15, 0.2) is 0 Å². The van der Waals surface area contributed by atoms with Crippen LogP contribution in [0, 0.1) is 6.92 Å². The number of thioether (sulfide) groups is 1. The Morgan fingerprint density at radius 3 is 2.66 bits per heavy atom. The Balaban J connectivity index is 1.67. The van der Waals surface area contributed by atoms with E-state index in [4.69, 9.17) is 16.3 Å². The molecule has 0 aliphatic carbocycles. The zero-order valence-electron chi connectivity index (χ0n) is 16.3. The molecule has 1 aromatic carbocycles. The maximum Gasteiger partial charge on any atom is 0.415 e. The minimum atomic E-state index is -1.13. The lowest BCUT2D eigenvalue weighted by Crippen LogP contribution is -2.52. The summed E-state index contributed by atoms with van der Waals surface area (Å²) in [7, 11) is 2.58. The number of anilines is 2. The molecule has 10 heteroatoms. The monoisotopic (exact) mass is 455 g/mol. The molecule has 0 bridgehead atoms. The minimum absolute atomic E-state index is 0.133. The smallest absolute Gasteiger partial charge is 0.415 e. The Hall–Kier alpha value is -1.76. The highest BCUT2D eigenvalue weighted by Crippen LogP contribution is 2.35. The van der Waals surface area contributed by atoms with Crippen molar-refractivity contribution in [1.82, 2.24) is 5.32 Å². The Morgan fingerprint density at radius 2 is 2.10 bits per heavy atom. The summed E-state index contributed by atoms with van der Waals surface area (Å²) in [6.07, 6.45) is 2.00. The van der Waals surface area contributed by atoms with Gasteiger partial charge in [-0.15, -0.1) is 32.6 Å². The van der Waals surface area contributed by atoms with Crippen molar-refractivity contribution in [1.29, 1.82) is 0 Å². The van der Waals surface area contributed by atoms with Gasteiger partial charge in [0.1, 0.15) is 12.1 Å². The average molecular weight is 456 g/mol. The molecular formula is C19H23ClN3O4PS. The Morgan fingerprint density at radius 1 is 1.38 bits per heavy atom. The fraction of sp³-hybridized carbons (Fsp3) is 0.421. The summed E-state index contributed by atoms with van der Waals surface area (Å²) in [5, 5.41) is 5.57. The van der Waals surface area contributed by atoms with Gasteiger partial charge >= 0.3 is 6.09 Å². The first kappa shape index (κ1) is 21.9. The van der Waals surface area contributed by atoms with E-state index in [-0.39, 0.29) is 22.3 Å². The number of nitrogens with one attached hydrogen (secondary N) is 2. The molecule has 0 spiro atoms. The van der Waals surface area contributed by atoms with E-state index in [0.29, 0.717) is 23.6 Å². The maximum absolute atomic E-state index is 12.7. The van der Waals surface area contributed by atoms with Crippen molar-refractivity contribution in [2.75, 3.05) is 16.8 Å². The number of amides is 3. The van der Waals surface area contributed by atoms with E-state index < -0.39 is 11.6 Å². The van der Waals surface area contributed by atoms with E-state index >= 15 is 0 Å². The van der Waals surface area contributed by atoms with Crippen molar-refractivity contribution >= 4 is 61.9 Å². The molecule has 29 heavy (non-hydrogen) atoms. The fourth-order valence-corrected chi connectivity index (χ4v) is 4.56. The number of carbonyl (C=O) groups excluding carboxylic acids is 3. The van der Waals surface area contributed by atoms with E-state index in [1.165, 1.54) is 11.8 Å². The Kier molecular flexibility index (Phi) is 6.46. The summed E-state index contributed by atoms with van der Waals surface area (Å²) >= 11 is 7.29. The Labute approximate surface area is 181 Å². The van der Waals surface area contributed by atoms with Gasteiger partial charge in [0.25, 0.3) is 5.91 Å².